The zero-order valence-corrected chi connectivity index (χ0v) is 11.5. The first-order valence-electron chi connectivity index (χ1n) is 7.20. The van der Waals surface area contributed by atoms with E-state index in [4.69, 9.17) is 0 Å². The van der Waals surface area contributed by atoms with Crippen LogP contribution in [0.3, 0.4) is 0 Å². The molecule has 4 nitrogen and oxygen atoms in total. The van der Waals surface area contributed by atoms with Gasteiger partial charge in [-0.2, -0.15) is 5.10 Å². The molecule has 1 N–H and O–H groups in total. The lowest BCUT2D eigenvalue weighted by atomic mass is 9.99. The number of piperidine rings is 1. The van der Waals surface area contributed by atoms with Crippen LogP contribution in [-0.4, -0.2) is 39.9 Å². The van der Waals surface area contributed by atoms with Crippen molar-refractivity contribution in [3.05, 3.63) is 17.5 Å². The number of nitrogens with one attached hydrogen (secondary N) is 1. The van der Waals surface area contributed by atoms with Crippen LogP contribution in [0, 0.1) is 6.92 Å². The van der Waals surface area contributed by atoms with Crippen molar-refractivity contribution in [1.29, 1.82) is 0 Å². The molecule has 2 saturated heterocycles. The van der Waals surface area contributed by atoms with Crippen LogP contribution in [-0.2, 0) is 13.6 Å². The molecule has 0 bridgehead atoms. The van der Waals surface area contributed by atoms with Crippen LogP contribution in [0.1, 0.15) is 36.9 Å². The Morgan fingerprint density at radius 2 is 2.22 bits per heavy atom. The molecule has 0 spiro atoms. The minimum atomic E-state index is 0.685. The molecule has 2 atom stereocenters. The second-order valence-corrected chi connectivity index (χ2v) is 5.75. The third-order valence-corrected chi connectivity index (χ3v) is 4.75. The van der Waals surface area contributed by atoms with E-state index in [0.717, 1.165) is 12.6 Å². The predicted molar refractivity (Wildman–Crippen MR) is 72.4 cm³/mol. The molecule has 4 heteroatoms. The van der Waals surface area contributed by atoms with E-state index in [0.29, 0.717) is 6.04 Å². The smallest absolute Gasteiger partial charge is 0.0537 e. The number of aryl methyl sites for hydroxylation is 1. The Kier molecular flexibility index (Phi) is 3.39. The van der Waals surface area contributed by atoms with Crippen LogP contribution >= 0.6 is 0 Å². The van der Waals surface area contributed by atoms with Gasteiger partial charge in [-0.05, 0) is 32.7 Å². The summed E-state index contributed by atoms with van der Waals surface area (Å²) in [6, 6.07) is 1.47. The van der Waals surface area contributed by atoms with Gasteiger partial charge in [-0.3, -0.25) is 9.58 Å². The average Bonchev–Trinajstić information content (AvgIpc) is 2.94. The largest absolute Gasteiger partial charge is 0.308 e. The summed E-state index contributed by atoms with van der Waals surface area (Å²) < 4.78 is 1.96. The van der Waals surface area contributed by atoms with Gasteiger partial charge in [0.25, 0.3) is 0 Å². The Hall–Kier alpha value is -0.870. The fourth-order valence-corrected chi connectivity index (χ4v) is 3.44. The van der Waals surface area contributed by atoms with E-state index >= 15 is 0 Å². The molecule has 0 amide bonds. The molecule has 3 heterocycles. The molecule has 1 aromatic heterocycles. The van der Waals surface area contributed by atoms with Crippen LogP contribution in [0.15, 0.2) is 6.20 Å². The van der Waals surface area contributed by atoms with E-state index < -0.39 is 0 Å². The van der Waals surface area contributed by atoms with Crippen molar-refractivity contribution in [2.24, 2.45) is 7.05 Å². The van der Waals surface area contributed by atoms with E-state index in [1.165, 1.54) is 50.0 Å². The number of hydrogen-bond acceptors (Lipinski definition) is 3. The molecule has 2 aliphatic heterocycles. The first-order chi connectivity index (χ1) is 8.75. The summed E-state index contributed by atoms with van der Waals surface area (Å²) in [6.07, 6.45) is 7.49. The highest BCUT2D eigenvalue weighted by molar-refractivity contribution is 5.15. The van der Waals surface area contributed by atoms with Gasteiger partial charge in [0.05, 0.1) is 6.20 Å². The zero-order valence-electron chi connectivity index (χ0n) is 11.5. The Morgan fingerprint density at radius 1 is 1.33 bits per heavy atom. The Morgan fingerprint density at radius 3 is 3.00 bits per heavy atom. The highest BCUT2D eigenvalue weighted by Crippen LogP contribution is 2.27. The summed E-state index contributed by atoms with van der Waals surface area (Å²) in [5, 5.41) is 8.07. The van der Waals surface area contributed by atoms with Crippen LogP contribution in [0.25, 0.3) is 0 Å². The van der Waals surface area contributed by atoms with Gasteiger partial charge in [-0.25, -0.2) is 0 Å². The van der Waals surface area contributed by atoms with Gasteiger partial charge in [0.1, 0.15) is 0 Å². The van der Waals surface area contributed by atoms with Gasteiger partial charge in [0, 0.05) is 43.5 Å². The SMILES string of the molecule is Cc1c(CNC2CCN3CCCCC23)cnn1C. The molecule has 1 aromatic rings. The van der Waals surface area contributed by atoms with E-state index in [1.807, 2.05) is 17.9 Å². The molecule has 2 fully saturated rings. The van der Waals surface area contributed by atoms with Crippen molar-refractivity contribution in [2.45, 2.75) is 51.2 Å². The van der Waals surface area contributed by atoms with Crippen molar-refractivity contribution in [3.8, 4) is 0 Å². The summed E-state index contributed by atoms with van der Waals surface area (Å²) in [5.41, 5.74) is 2.62. The number of hydrogen-bond donors (Lipinski definition) is 1. The number of nitrogens with zero attached hydrogens (tertiary/aromatic N) is 3. The molecule has 2 aliphatic rings. The van der Waals surface area contributed by atoms with Crippen molar-refractivity contribution in [3.63, 3.8) is 0 Å². The van der Waals surface area contributed by atoms with Gasteiger partial charge in [0.15, 0.2) is 0 Å². The van der Waals surface area contributed by atoms with E-state index in [2.05, 4.69) is 22.2 Å². The summed E-state index contributed by atoms with van der Waals surface area (Å²) in [5.74, 6) is 0. The molecule has 18 heavy (non-hydrogen) atoms. The number of aromatic nitrogens is 2. The highest BCUT2D eigenvalue weighted by Gasteiger charge is 2.34. The first-order valence-corrected chi connectivity index (χ1v) is 7.20. The first kappa shape index (κ1) is 12.2. The third kappa shape index (κ3) is 2.19. The minimum Gasteiger partial charge on any atom is -0.308 e. The minimum absolute atomic E-state index is 0.685. The van der Waals surface area contributed by atoms with E-state index in [1.54, 1.807) is 0 Å². The number of rotatable bonds is 3. The number of fused-ring (bicyclic) bond motifs is 1. The maximum atomic E-state index is 4.31. The molecular formula is C14H24N4. The van der Waals surface area contributed by atoms with Gasteiger partial charge in [0.2, 0.25) is 0 Å². The molecule has 3 rings (SSSR count). The van der Waals surface area contributed by atoms with Gasteiger partial charge < -0.3 is 5.32 Å². The predicted octanol–water partition coefficient (Wildman–Crippen LogP) is 1.44. The summed E-state index contributed by atoms with van der Waals surface area (Å²) >= 11 is 0. The monoisotopic (exact) mass is 248 g/mol. The second-order valence-electron chi connectivity index (χ2n) is 5.75. The fraction of sp³-hybridized carbons (Fsp3) is 0.786. The molecule has 0 saturated carbocycles. The van der Waals surface area contributed by atoms with Crippen LogP contribution in [0.4, 0.5) is 0 Å². The van der Waals surface area contributed by atoms with Gasteiger partial charge >= 0.3 is 0 Å². The van der Waals surface area contributed by atoms with Crippen LogP contribution < -0.4 is 5.32 Å². The third-order valence-electron chi connectivity index (χ3n) is 4.75. The maximum Gasteiger partial charge on any atom is 0.0537 e. The Balaban J connectivity index is 1.59. The summed E-state index contributed by atoms with van der Waals surface area (Å²) in [6.45, 7) is 5.71. The van der Waals surface area contributed by atoms with Crippen molar-refractivity contribution >= 4 is 0 Å². The Bertz CT molecular complexity index is 412. The zero-order chi connectivity index (χ0) is 12.5. The topological polar surface area (TPSA) is 33.1 Å². The van der Waals surface area contributed by atoms with Crippen molar-refractivity contribution in [1.82, 2.24) is 20.0 Å². The summed E-state index contributed by atoms with van der Waals surface area (Å²) in [4.78, 5) is 2.68. The van der Waals surface area contributed by atoms with E-state index in [9.17, 15) is 0 Å². The lowest BCUT2D eigenvalue weighted by Crippen LogP contribution is -2.44. The van der Waals surface area contributed by atoms with Gasteiger partial charge in [-0.1, -0.05) is 6.42 Å². The molecule has 0 aliphatic carbocycles. The average molecular weight is 248 g/mol. The summed E-state index contributed by atoms with van der Waals surface area (Å²) in [7, 11) is 2.01. The normalized spacial score (nSPS) is 28.6. The van der Waals surface area contributed by atoms with Crippen LogP contribution in [0.5, 0.6) is 0 Å². The Labute approximate surface area is 109 Å². The molecule has 2 unspecified atom stereocenters. The molecule has 0 aromatic carbocycles. The van der Waals surface area contributed by atoms with Crippen LogP contribution in [0.2, 0.25) is 0 Å². The van der Waals surface area contributed by atoms with Gasteiger partial charge in [-0.15, -0.1) is 0 Å². The lowest BCUT2D eigenvalue weighted by molar-refractivity contribution is 0.180. The fourth-order valence-electron chi connectivity index (χ4n) is 3.44. The molecule has 0 radical (unpaired) electrons. The highest BCUT2D eigenvalue weighted by atomic mass is 15.3. The molecular weight excluding hydrogens is 224 g/mol. The quantitative estimate of drug-likeness (QED) is 0.879. The second kappa shape index (κ2) is 5.02. The molecule has 100 valence electrons. The lowest BCUT2D eigenvalue weighted by Gasteiger charge is -2.32. The van der Waals surface area contributed by atoms with Crippen molar-refractivity contribution < 1.29 is 0 Å². The van der Waals surface area contributed by atoms with E-state index in [-0.39, 0.29) is 0 Å². The maximum absolute atomic E-state index is 4.31. The standard InChI is InChI=1S/C14H24N4/c1-11-12(10-16-17(11)2)9-15-13-6-8-18-7-4-3-5-14(13)18/h10,13-15H,3-9H2,1-2H3. The van der Waals surface area contributed by atoms with Crippen molar-refractivity contribution in [2.75, 3.05) is 13.1 Å².